The number of halogens is 3. The third-order valence-electron chi connectivity index (χ3n) is 2.10. The predicted octanol–water partition coefficient (Wildman–Crippen LogP) is 1.84. The number of hydrogen-bond donors (Lipinski definition) is 2. The van der Waals surface area contributed by atoms with Crippen LogP contribution in [0.4, 0.5) is 19.0 Å². The van der Waals surface area contributed by atoms with Crippen LogP contribution in [-0.2, 0) is 11.0 Å². The Balaban J connectivity index is 2.23. The van der Waals surface area contributed by atoms with Gasteiger partial charge in [-0.25, -0.2) is 9.97 Å². The number of aromatic amines is 1. The largest absolute Gasteiger partial charge is 0.432 e. The second-order valence-electron chi connectivity index (χ2n) is 3.63. The Labute approximate surface area is 105 Å². The molecule has 0 bridgehead atoms. The van der Waals surface area contributed by atoms with Gasteiger partial charge in [0, 0.05) is 6.92 Å². The summed E-state index contributed by atoms with van der Waals surface area (Å²) < 4.78 is 37.1. The van der Waals surface area contributed by atoms with Gasteiger partial charge in [-0.15, -0.1) is 0 Å². The van der Waals surface area contributed by atoms with Crippen molar-refractivity contribution in [1.29, 1.82) is 0 Å². The van der Waals surface area contributed by atoms with Crippen LogP contribution in [0.3, 0.4) is 0 Å². The molecular weight excluding hydrogens is 263 g/mol. The minimum atomic E-state index is -4.49. The fraction of sp³-hybridized carbons (Fsp3) is 0.200. The van der Waals surface area contributed by atoms with E-state index in [1.807, 2.05) is 5.10 Å². The highest BCUT2D eigenvalue weighted by atomic mass is 19.4. The third-order valence-corrected chi connectivity index (χ3v) is 2.10. The molecule has 0 radical (unpaired) electrons. The summed E-state index contributed by atoms with van der Waals surface area (Å²) in [5, 5.41) is 7.78. The molecule has 0 aliphatic carbocycles. The normalized spacial score (nSPS) is 11.4. The van der Waals surface area contributed by atoms with Gasteiger partial charge in [-0.1, -0.05) is 0 Å². The van der Waals surface area contributed by atoms with E-state index >= 15 is 0 Å². The first-order valence-electron chi connectivity index (χ1n) is 5.09. The molecule has 9 heteroatoms. The lowest BCUT2D eigenvalue weighted by Gasteiger charge is -2.01. The molecule has 6 nitrogen and oxygen atoms in total. The van der Waals surface area contributed by atoms with Crippen LogP contribution >= 0.6 is 0 Å². The fourth-order valence-corrected chi connectivity index (χ4v) is 1.30. The van der Waals surface area contributed by atoms with Crippen LogP contribution in [0.15, 0.2) is 18.5 Å². The Kier molecular flexibility index (Phi) is 3.19. The zero-order chi connectivity index (χ0) is 14.0. The van der Waals surface area contributed by atoms with E-state index in [0.717, 1.165) is 6.07 Å². The van der Waals surface area contributed by atoms with Gasteiger partial charge in [0.2, 0.25) is 5.91 Å². The minimum Gasteiger partial charge on any atom is -0.310 e. The van der Waals surface area contributed by atoms with Crippen molar-refractivity contribution in [2.75, 3.05) is 5.32 Å². The Hall–Kier alpha value is -2.45. The van der Waals surface area contributed by atoms with Crippen LogP contribution in [-0.4, -0.2) is 26.1 Å². The molecule has 100 valence electrons. The summed E-state index contributed by atoms with van der Waals surface area (Å²) in [4.78, 5) is 18.5. The standard InChI is InChI=1S/C10H8F3N5O/c1-5(19)16-9-4-14-7(3-15-9)6-2-8(18-17-6)10(11,12)13/h2-4H,1H3,(H,17,18)(H,15,16,19). The molecule has 0 saturated heterocycles. The van der Waals surface area contributed by atoms with Crippen LogP contribution in [0.2, 0.25) is 0 Å². The van der Waals surface area contributed by atoms with Crippen molar-refractivity contribution < 1.29 is 18.0 Å². The second kappa shape index (κ2) is 4.67. The van der Waals surface area contributed by atoms with E-state index in [2.05, 4.69) is 20.4 Å². The van der Waals surface area contributed by atoms with Crippen molar-refractivity contribution in [1.82, 2.24) is 20.2 Å². The number of aromatic nitrogens is 4. The summed E-state index contributed by atoms with van der Waals surface area (Å²) in [7, 11) is 0. The maximum Gasteiger partial charge on any atom is 0.432 e. The van der Waals surface area contributed by atoms with Gasteiger partial charge in [0.25, 0.3) is 0 Å². The van der Waals surface area contributed by atoms with E-state index in [9.17, 15) is 18.0 Å². The molecule has 0 fully saturated rings. The zero-order valence-electron chi connectivity index (χ0n) is 9.62. The topological polar surface area (TPSA) is 83.6 Å². The van der Waals surface area contributed by atoms with Crippen LogP contribution in [0.1, 0.15) is 12.6 Å². The summed E-state index contributed by atoms with van der Waals surface area (Å²) in [6.07, 6.45) is -2.03. The van der Waals surface area contributed by atoms with Crippen molar-refractivity contribution in [3.63, 3.8) is 0 Å². The van der Waals surface area contributed by atoms with Crippen molar-refractivity contribution in [2.45, 2.75) is 13.1 Å². The number of carbonyl (C=O) groups is 1. The number of anilines is 1. The van der Waals surface area contributed by atoms with Crippen molar-refractivity contribution >= 4 is 11.7 Å². The smallest absolute Gasteiger partial charge is 0.310 e. The van der Waals surface area contributed by atoms with E-state index in [4.69, 9.17) is 0 Å². The number of carbonyl (C=O) groups excluding carboxylic acids is 1. The monoisotopic (exact) mass is 271 g/mol. The minimum absolute atomic E-state index is 0.0224. The molecule has 2 rings (SSSR count). The molecule has 1 amide bonds. The number of H-pyrrole nitrogens is 1. The average molecular weight is 271 g/mol. The van der Waals surface area contributed by atoms with Crippen LogP contribution in [0, 0.1) is 0 Å². The third kappa shape index (κ3) is 3.06. The molecule has 19 heavy (non-hydrogen) atoms. The van der Waals surface area contributed by atoms with Gasteiger partial charge in [-0.2, -0.15) is 18.3 Å². The first-order chi connectivity index (χ1) is 8.86. The molecule has 2 N–H and O–H groups in total. The Morgan fingerprint density at radius 2 is 2.00 bits per heavy atom. The van der Waals surface area contributed by atoms with Gasteiger partial charge in [0.15, 0.2) is 5.82 Å². The van der Waals surface area contributed by atoms with E-state index < -0.39 is 11.9 Å². The Morgan fingerprint density at radius 1 is 1.26 bits per heavy atom. The number of alkyl halides is 3. The highest BCUT2D eigenvalue weighted by Crippen LogP contribution is 2.29. The van der Waals surface area contributed by atoms with Crippen LogP contribution in [0.5, 0.6) is 0 Å². The number of rotatable bonds is 2. The number of nitrogens with one attached hydrogen (secondary N) is 2. The van der Waals surface area contributed by atoms with Gasteiger partial charge in [0.1, 0.15) is 17.1 Å². The van der Waals surface area contributed by atoms with E-state index in [1.165, 1.54) is 19.3 Å². The molecule has 0 aromatic carbocycles. The summed E-state index contributed by atoms with van der Waals surface area (Å²) in [6, 6.07) is 0.835. The lowest BCUT2D eigenvalue weighted by molar-refractivity contribution is -0.141. The summed E-state index contributed by atoms with van der Waals surface area (Å²) >= 11 is 0. The van der Waals surface area contributed by atoms with Gasteiger partial charge in [0.05, 0.1) is 12.4 Å². The fourth-order valence-electron chi connectivity index (χ4n) is 1.30. The molecule has 0 atom stereocenters. The molecule has 0 saturated carbocycles. The van der Waals surface area contributed by atoms with Gasteiger partial charge in [-0.3, -0.25) is 9.89 Å². The predicted molar refractivity (Wildman–Crippen MR) is 58.9 cm³/mol. The Bertz CT molecular complexity index is 590. The maximum absolute atomic E-state index is 12.4. The molecule has 0 spiro atoms. The highest BCUT2D eigenvalue weighted by molar-refractivity contribution is 5.87. The van der Waals surface area contributed by atoms with Crippen LogP contribution in [0.25, 0.3) is 11.4 Å². The second-order valence-corrected chi connectivity index (χ2v) is 3.63. The molecule has 2 aromatic rings. The number of amides is 1. The molecule has 2 heterocycles. The first-order valence-corrected chi connectivity index (χ1v) is 5.09. The highest BCUT2D eigenvalue weighted by Gasteiger charge is 2.33. The summed E-state index contributed by atoms with van der Waals surface area (Å²) in [5.74, 6) is -0.107. The summed E-state index contributed by atoms with van der Waals surface area (Å²) in [5.41, 5.74) is -0.773. The lowest BCUT2D eigenvalue weighted by atomic mass is 10.3. The number of nitrogens with zero attached hydrogens (tertiary/aromatic N) is 3. The quantitative estimate of drug-likeness (QED) is 0.873. The maximum atomic E-state index is 12.4. The van der Waals surface area contributed by atoms with E-state index in [0.29, 0.717) is 0 Å². The van der Waals surface area contributed by atoms with Gasteiger partial charge in [-0.05, 0) is 6.07 Å². The molecule has 0 aliphatic heterocycles. The molecule has 0 aliphatic rings. The number of hydrogen-bond acceptors (Lipinski definition) is 4. The first kappa shape index (κ1) is 13.0. The van der Waals surface area contributed by atoms with Crippen molar-refractivity contribution in [2.24, 2.45) is 0 Å². The SMILES string of the molecule is CC(=O)Nc1cnc(-c2cc(C(F)(F)F)[nH]n2)cn1. The molecular formula is C10H8F3N5O. The van der Waals surface area contributed by atoms with Gasteiger partial charge >= 0.3 is 6.18 Å². The van der Waals surface area contributed by atoms with E-state index in [-0.39, 0.29) is 23.1 Å². The Morgan fingerprint density at radius 3 is 2.47 bits per heavy atom. The average Bonchev–Trinajstić information content (AvgIpc) is 2.78. The van der Waals surface area contributed by atoms with E-state index in [1.54, 1.807) is 0 Å². The zero-order valence-corrected chi connectivity index (χ0v) is 9.62. The molecule has 0 unspecified atom stereocenters. The molecule has 2 aromatic heterocycles. The van der Waals surface area contributed by atoms with Crippen LogP contribution < -0.4 is 5.32 Å². The van der Waals surface area contributed by atoms with Gasteiger partial charge < -0.3 is 5.32 Å². The van der Waals surface area contributed by atoms with Crippen molar-refractivity contribution in [3.8, 4) is 11.4 Å². The lowest BCUT2D eigenvalue weighted by Crippen LogP contribution is -2.07. The summed E-state index contributed by atoms with van der Waals surface area (Å²) in [6.45, 7) is 1.30. The van der Waals surface area contributed by atoms with Crippen molar-refractivity contribution in [3.05, 3.63) is 24.2 Å².